The second kappa shape index (κ2) is 6.24. The van der Waals surface area contributed by atoms with Gasteiger partial charge in [0.2, 0.25) is 11.8 Å². The van der Waals surface area contributed by atoms with Crippen molar-refractivity contribution in [3.8, 4) is 0 Å². The molecule has 1 aromatic heterocycles. The van der Waals surface area contributed by atoms with E-state index in [4.69, 9.17) is 0 Å². The minimum atomic E-state index is -0.452. The van der Waals surface area contributed by atoms with Gasteiger partial charge in [-0.05, 0) is 31.9 Å². The summed E-state index contributed by atoms with van der Waals surface area (Å²) in [5.41, 5.74) is 1.78. The van der Waals surface area contributed by atoms with Gasteiger partial charge in [-0.2, -0.15) is 0 Å². The lowest BCUT2D eigenvalue weighted by Gasteiger charge is -2.29. The molecule has 0 aliphatic carbocycles. The number of aryl methyl sites for hydroxylation is 1. The van der Waals surface area contributed by atoms with E-state index in [1.54, 1.807) is 4.90 Å². The normalized spacial score (nSPS) is 23.2. The summed E-state index contributed by atoms with van der Waals surface area (Å²) in [5.74, 6) is -0.0133. The Labute approximate surface area is 125 Å². The van der Waals surface area contributed by atoms with E-state index in [1.165, 1.54) is 0 Å². The van der Waals surface area contributed by atoms with E-state index < -0.39 is 6.04 Å². The van der Waals surface area contributed by atoms with Gasteiger partial charge in [-0.25, -0.2) is 0 Å². The van der Waals surface area contributed by atoms with Gasteiger partial charge in [0, 0.05) is 18.2 Å². The van der Waals surface area contributed by atoms with Crippen LogP contribution in [0.2, 0.25) is 0 Å². The first-order chi connectivity index (χ1) is 9.88. The molecule has 0 saturated carbocycles. The summed E-state index contributed by atoms with van der Waals surface area (Å²) in [7, 11) is 0. The van der Waals surface area contributed by atoms with Gasteiger partial charge in [0.25, 0.3) is 0 Å². The fourth-order valence-electron chi connectivity index (χ4n) is 2.62. The molecule has 5 nitrogen and oxygen atoms in total. The van der Waals surface area contributed by atoms with Crippen molar-refractivity contribution < 1.29 is 9.59 Å². The number of nitrogens with one attached hydrogen (secondary N) is 1. The molecule has 1 N–H and O–H groups in total. The molecule has 1 aliphatic rings. The van der Waals surface area contributed by atoms with Crippen molar-refractivity contribution in [2.24, 2.45) is 5.92 Å². The van der Waals surface area contributed by atoms with Crippen LogP contribution >= 0.6 is 0 Å². The molecule has 5 heteroatoms. The Morgan fingerprint density at radius 1 is 1.38 bits per heavy atom. The first-order valence-corrected chi connectivity index (χ1v) is 7.41. The van der Waals surface area contributed by atoms with Gasteiger partial charge in [0.05, 0.1) is 12.2 Å². The quantitative estimate of drug-likeness (QED) is 0.920. The zero-order valence-electron chi connectivity index (χ0n) is 13.1. The lowest BCUT2D eigenvalue weighted by molar-refractivity contribution is -0.136. The summed E-state index contributed by atoms with van der Waals surface area (Å²) in [6.07, 6.45) is 0.334. The Hall–Kier alpha value is -1.91. The molecule has 0 aromatic carbocycles. The number of pyridine rings is 1. The number of carbonyl (C=O) groups is 2. The summed E-state index contributed by atoms with van der Waals surface area (Å²) < 4.78 is 0. The topological polar surface area (TPSA) is 62.3 Å². The van der Waals surface area contributed by atoms with Crippen LogP contribution < -0.4 is 5.32 Å². The van der Waals surface area contributed by atoms with E-state index in [1.807, 2.05) is 45.9 Å². The predicted octanol–water partition coefficient (Wildman–Crippen LogP) is 1.65. The molecule has 1 saturated heterocycles. The van der Waals surface area contributed by atoms with Crippen LogP contribution in [-0.2, 0) is 16.1 Å². The fourth-order valence-corrected chi connectivity index (χ4v) is 2.62. The SMILES string of the molecule is Cc1cccc(CN2C(=O)C(C(C)C)NC(=O)CC2C)n1. The lowest BCUT2D eigenvalue weighted by atomic mass is 10.0. The van der Waals surface area contributed by atoms with Gasteiger partial charge in [-0.3, -0.25) is 14.6 Å². The molecule has 2 amide bonds. The van der Waals surface area contributed by atoms with Gasteiger partial charge < -0.3 is 10.2 Å². The van der Waals surface area contributed by atoms with Gasteiger partial charge in [-0.1, -0.05) is 19.9 Å². The van der Waals surface area contributed by atoms with Crippen molar-refractivity contribution in [1.82, 2.24) is 15.2 Å². The third-order valence-electron chi connectivity index (χ3n) is 3.82. The molecule has 0 spiro atoms. The molecule has 1 aliphatic heterocycles. The number of nitrogens with zero attached hydrogens (tertiary/aromatic N) is 2. The van der Waals surface area contributed by atoms with E-state index in [2.05, 4.69) is 10.3 Å². The number of rotatable bonds is 3. The third kappa shape index (κ3) is 3.60. The Bertz CT molecular complexity index is 542. The molecule has 0 bridgehead atoms. The Morgan fingerprint density at radius 3 is 2.71 bits per heavy atom. The van der Waals surface area contributed by atoms with Crippen LogP contribution in [-0.4, -0.2) is 33.8 Å². The van der Waals surface area contributed by atoms with Crippen molar-refractivity contribution in [3.63, 3.8) is 0 Å². The Balaban J connectivity index is 2.25. The number of hydrogen-bond donors (Lipinski definition) is 1. The summed E-state index contributed by atoms with van der Waals surface area (Å²) >= 11 is 0. The molecule has 1 aromatic rings. The van der Waals surface area contributed by atoms with Gasteiger partial charge in [0.1, 0.15) is 6.04 Å². The lowest BCUT2D eigenvalue weighted by Crippen LogP contribution is -2.48. The van der Waals surface area contributed by atoms with Crippen LogP contribution in [0.3, 0.4) is 0 Å². The second-order valence-electron chi connectivity index (χ2n) is 6.08. The zero-order valence-corrected chi connectivity index (χ0v) is 13.1. The van der Waals surface area contributed by atoms with Crippen LogP contribution in [0.15, 0.2) is 18.2 Å². The minimum absolute atomic E-state index is 0.0216. The highest BCUT2D eigenvalue weighted by molar-refractivity contribution is 5.90. The maximum Gasteiger partial charge on any atom is 0.246 e. The summed E-state index contributed by atoms with van der Waals surface area (Å²) in [5, 5.41) is 2.84. The molecular formula is C16H23N3O2. The van der Waals surface area contributed by atoms with Crippen LogP contribution in [0.25, 0.3) is 0 Å². The van der Waals surface area contributed by atoms with Crippen molar-refractivity contribution in [2.75, 3.05) is 0 Å². The van der Waals surface area contributed by atoms with Crippen LogP contribution in [0, 0.1) is 12.8 Å². The van der Waals surface area contributed by atoms with E-state index >= 15 is 0 Å². The van der Waals surface area contributed by atoms with Crippen LogP contribution in [0.4, 0.5) is 0 Å². The molecule has 0 radical (unpaired) electrons. The van der Waals surface area contributed by atoms with E-state index in [0.717, 1.165) is 11.4 Å². The summed E-state index contributed by atoms with van der Waals surface area (Å²) in [4.78, 5) is 30.8. The number of hydrogen-bond acceptors (Lipinski definition) is 3. The van der Waals surface area contributed by atoms with Gasteiger partial charge in [0.15, 0.2) is 0 Å². The first-order valence-electron chi connectivity index (χ1n) is 7.41. The second-order valence-corrected chi connectivity index (χ2v) is 6.08. The zero-order chi connectivity index (χ0) is 15.6. The Kier molecular flexibility index (Phi) is 4.60. The van der Waals surface area contributed by atoms with Gasteiger partial charge in [-0.15, -0.1) is 0 Å². The molecule has 2 heterocycles. The van der Waals surface area contributed by atoms with Crippen molar-refractivity contribution >= 4 is 11.8 Å². The van der Waals surface area contributed by atoms with Gasteiger partial charge >= 0.3 is 0 Å². The maximum absolute atomic E-state index is 12.7. The van der Waals surface area contributed by atoms with Crippen molar-refractivity contribution in [1.29, 1.82) is 0 Å². The number of carbonyl (C=O) groups excluding carboxylic acids is 2. The number of aromatic nitrogens is 1. The van der Waals surface area contributed by atoms with E-state index in [9.17, 15) is 9.59 Å². The average Bonchev–Trinajstić information content (AvgIpc) is 2.50. The highest BCUT2D eigenvalue weighted by atomic mass is 16.2. The number of amides is 2. The van der Waals surface area contributed by atoms with Crippen molar-refractivity contribution in [2.45, 2.75) is 52.7 Å². The maximum atomic E-state index is 12.7. The molecule has 21 heavy (non-hydrogen) atoms. The first kappa shape index (κ1) is 15.5. The van der Waals surface area contributed by atoms with Crippen LogP contribution in [0.5, 0.6) is 0 Å². The molecule has 2 rings (SSSR count). The Morgan fingerprint density at radius 2 is 2.10 bits per heavy atom. The smallest absolute Gasteiger partial charge is 0.246 e. The molecule has 2 unspecified atom stereocenters. The summed E-state index contributed by atoms with van der Waals surface area (Å²) in [6.45, 7) is 8.18. The highest BCUT2D eigenvalue weighted by Crippen LogP contribution is 2.18. The minimum Gasteiger partial charge on any atom is -0.344 e. The third-order valence-corrected chi connectivity index (χ3v) is 3.82. The monoisotopic (exact) mass is 289 g/mol. The van der Waals surface area contributed by atoms with E-state index in [-0.39, 0.29) is 23.8 Å². The van der Waals surface area contributed by atoms with E-state index in [0.29, 0.717) is 13.0 Å². The van der Waals surface area contributed by atoms with Crippen LogP contribution in [0.1, 0.15) is 38.6 Å². The molecule has 2 atom stereocenters. The van der Waals surface area contributed by atoms with Crippen molar-refractivity contribution in [3.05, 3.63) is 29.6 Å². The molecule has 1 fully saturated rings. The largest absolute Gasteiger partial charge is 0.344 e. The standard InChI is InChI=1S/C16H23N3O2/c1-10(2)15-16(21)19(12(4)8-14(20)18-15)9-13-7-5-6-11(3)17-13/h5-7,10,12,15H,8-9H2,1-4H3,(H,18,20). The highest BCUT2D eigenvalue weighted by Gasteiger charge is 2.35. The molecule has 114 valence electrons. The predicted molar refractivity (Wildman–Crippen MR) is 80.4 cm³/mol. The summed E-state index contributed by atoms with van der Waals surface area (Å²) in [6, 6.07) is 5.21. The average molecular weight is 289 g/mol. The molecular weight excluding hydrogens is 266 g/mol. The fraction of sp³-hybridized carbons (Fsp3) is 0.562.